The van der Waals surface area contributed by atoms with E-state index in [1.54, 1.807) is 24.5 Å². The molecular weight excluding hydrogens is 228 g/mol. The molecular formula is C14H16N2O2. The molecule has 0 amide bonds. The number of carbonyl (C=O) groups is 1. The van der Waals surface area contributed by atoms with Crippen LogP contribution in [0.1, 0.15) is 25.6 Å². The van der Waals surface area contributed by atoms with Gasteiger partial charge in [0, 0.05) is 18.8 Å². The van der Waals surface area contributed by atoms with Crippen LogP contribution in [-0.2, 0) is 6.42 Å². The van der Waals surface area contributed by atoms with Crippen LogP contribution in [0, 0.1) is 0 Å². The summed E-state index contributed by atoms with van der Waals surface area (Å²) in [6.45, 7) is 2.11. The van der Waals surface area contributed by atoms with Crippen molar-refractivity contribution < 1.29 is 9.53 Å². The van der Waals surface area contributed by atoms with Crippen molar-refractivity contribution in [3.8, 4) is 5.75 Å². The molecule has 0 aliphatic rings. The first-order chi connectivity index (χ1) is 8.81. The van der Waals surface area contributed by atoms with Crippen LogP contribution >= 0.6 is 0 Å². The maximum Gasteiger partial charge on any atom is 0.424 e. The molecule has 0 aliphatic heterocycles. The smallest absolute Gasteiger partial charge is 0.410 e. The van der Waals surface area contributed by atoms with E-state index in [0.717, 1.165) is 25.1 Å². The minimum atomic E-state index is -0.412. The molecule has 2 rings (SSSR count). The Labute approximate surface area is 106 Å². The van der Waals surface area contributed by atoms with Crippen molar-refractivity contribution in [1.82, 2.24) is 9.55 Å². The lowest BCUT2D eigenvalue weighted by atomic mass is 10.2. The predicted octanol–water partition coefficient (Wildman–Crippen LogP) is 3.27. The first-order valence-corrected chi connectivity index (χ1v) is 6.10. The lowest BCUT2D eigenvalue weighted by Crippen LogP contribution is -2.18. The topological polar surface area (TPSA) is 44.1 Å². The molecule has 0 saturated carbocycles. The van der Waals surface area contributed by atoms with Gasteiger partial charge in [0.15, 0.2) is 0 Å². The lowest BCUT2D eigenvalue weighted by Gasteiger charge is -2.07. The molecule has 18 heavy (non-hydrogen) atoms. The van der Waals surface area contributed by atoms with Crippen molar-refractivity contribution >= 4 is 6.09 Å². The molecule has 4 heteroatoms. The normalized spacial score (nSPS) is 10.3. The Morgan fingerprint density at radius 2 is 2.11 bits per heavy atom. The monoisotopic (exact) mass is 244 g/mol. The molecule has 94 valence electrons. The number of imidazole rings is 1. The lowest BCUT2D eigenvalue weighted by molar-refractivity contribution is 0.201. The van der Waals surface area contributed by atoms with Gasteiger partial charge in [-0.15, -0.1) is 0 Å². The van der Waals surface area contributed by atoms with Gasteiger partial charge in [0.2, 0.25) is 0 Å². The van der Waals surface area contributed by atoms with E-state index < -0.39 is 6.09 Å². The summed E-state index contributed by atoms with van der Waals surface area (Å²) >= 11 is 0. The van der Waals surface area contributed by atoms with Crippen LogP contribution < -0.4 is 4.74 Å². The molecule has 1 aromatic carbocycles. The summed E-state index contributed by atoms with van der Waals surface area (Å²) in [4.78, 5) is 16.1. The van der Waals surface area contributed by atoms with Gasteiger partial charge in [-0.05, 0) is 18.6 Å². The van der Waals surface area contributed by atoms with Gasteiger partial charge in [0.1, 0.15) is 11.6 Å². The standard InChI is InChI=1S/C14H16N2O2/c1-2-3-9-13-15-10-11-16(13)14(17)18-12-7-5-4-6-8-12/h4-8,10-11H,2-3,9H2,1H3. The summed E-state index contributed by atoms with van der Waals surface area (Å²) in [6, 6.07) is 9.03. The van der Waals surface area contributed by atoms with E-state index in [0.29, 0.717) is 5.75 Å². The number of hydrogen-bond acceptors (Lipinski definition) is 3. The number of para-hydroxylation sites is 1. The highest BCUT2D eigenvalue weighted by Crippen LogP contribution is 2.11. The Morgan fingerprint density at radius 3 is 2.83 bits per heavy atom. The molecule has 0 unspecified atom stereocenters. The largest absolute Gasteiger partial charge is 0.424 e. The summed E-state index contributed by atoms with van der Waals surface area (Å²) < 4.78 is 6.72. The summed E-state index contributed by atoms with van der Waals surface area (Å²) in [5.41, 5.74) is 0. The number of aromatic nitrogens is 2. The molecule has 4 nitrogen and oxygen atoms in total. The van der Waals surface area contributed by atoms with Crippen LogP contribution in [0.25, 0.3) is 0 Å². The molecule has 0 N–H and O–H groups in total. The van der Waals surface area contributed by atoms with Gasteiger partial charge in [-0.1, -0.05) is 31.5 Å². The first kappa shape index (κ1) is 12.4. The van der Waals surface area contributed by atoms with Crippen molar-refractivity contribution in [2.75, 3.05) is 0 Å². The highest BCUT2D eigenvalue weighted by molar-refractivity contribution is 5.73. The highest BCUT2D eigenvalue weighted by Gasteiger charge is 2.12. The Kier molecular flexibility index (Phi) is 4.12. The van der Waals surface area contributed by atoms with E-state index in [9.17, 15) is 4.79 Å². The number of hydrogen-bond donors (Lipinski definition) is 0. The van der Waals surface area contributed by atoms with Crippen LogP contribution in [0.3, 0.4) is 0 Å². The zero-order valence-electron chi connectivity index (χ0n) is 10.4. The second-order valence-corrected chi connectivity index (χ2v) is 4.00. The maximum atomic E-state index is 12.0. The minimum Gasteiger partial charge on any atom is -0.410 e. The van der Waals surface area contributed by atoms with E-state index in [1.165, 1.54) is 4.57 Å². The van der Waals surface area contributed by atoms with E-state index >= 15 is 0 Å². The van der Waals surface area contributed by atoms with Crippen LogP contribution in [-0.4, -0.2) is 15.6 Å². The molecule has 2 aromatic rings. The average Bonchev–Trinajstić information content (AvgIpc) is 2.86. The van der Waals surface area contributed by atoms with Crippen LogP contribution in [0.5, 0.6) is 5.75 Å². The van der Waals surface area contributed by atoms with Crippen molar-refractivity contribution in [3.05, 3.63) is 48.5 Å². The number of aryl methyl sites for hydroxylation is 1. The van der Waals surface area contributed by atoms with Crippen LogP contribution in [0.15, 0.2) is 42.7 Å². The summed E-state index contributed by atoms with van der Waals surface area (Å²) in [7, 11) is 0. The molecule has 0 saturated heterocycles. The Hall–Kier alpha value is -2.10. The number of benzene rings is 1. The Balaban J connectivity index is 2.07. The third-order valence-electron chi connectivity index (χ3n) is 2.62. The minimum absolute atomic E-state index is 0.412. The van der Waals surface area contributed by atoms with E-state index in [2.05, 4.69) is 11.9 Å². The predicted molar refractivity (Wildman–Crippen MR) is 68.7 cm³/mol. The van der Waals surface area contributed by atoms with Gasteiger partial charge in [0.05, 0.1) is 0 Å². The van der Waals surface area contributed by atoms with Gasteiger partial charge in [0.25, 0.3) is 0 Å². The molecule has 0 aliphatic carbocycles. The van der Waals surface area contributed by atoms with E-state index in [1.807, 2.05) is 18.2 Å². The molecule has 0 radical (unpaired) electrons. The first-order valence-electron chi connectivity index (χ1n) is 6.10. The summed E-state index contributed by atoms with van der Waals surface area (Å²) in [6.07, 6.45) is 5.71. The van der Waals surface area contributed by atoms with Crippen molar-refractivity contribution in [3.63, 3.8) is 0 Å². The number of ether oxygens (including phenoxy) is 1. The van der Waals surface area contributed by atoms with Crippen molar-refractivity contribution in [2.45, 2.75) is 26.2 Å². The van der Waals surface area contributed by atoms with Crippen LogP contribution in [0.2, 0.25) is 0 Å². The van der Waals surface area contributed by atoms with Crippen molar-refractivity contribution in [2.24, 2.45) is 0 Å². The van der Waals surface area contributed by atoms with Crippen LogP contribution in [0.4, 0.5) is 4.79 Å². The molecule has 1 aromatic heterocycles. The quantitative estimate of drug-likeness (QED) is 0.829. The second kappa shape index (κ2) is 6.00. The fraction of sp³-hybridized carbons (Fsp3) is 0.286. The summed E-state index contributed by atoms with van der Waals surface area (Å²) in [5, 5.41) is 0. The zero-order chi connectivity index (χ0) is 12.8. The number of carbonyl (C=O) groups excluding carboxylic acids is 1. The number of rotatable bonds is 4. The average molecular weight is 244 g/mol. The third-order valence-corrected chi connectivity index (χ3v) is 2.62. The molecule has 0 spiro atoms. The zero-order valence-corrected chi connectivity index (χ0v) is 10.4. The highest BCUT2D eigenvalue weighted by atomic mass is 16.6. The molecule has 0 atom stereocenters. The van der Waals surface area contributed by atoms with Gasteiger partial charge in [-0.2, -0.15) is 0 Å². The van der Waals surface area contributed by atoms with Gasteiger partial charge in [-0.25, -0.2) is 14.3 Å². The second-order valence-electron chi connectivity index (χ2n) is 4.00. The third kappa shape index (κ3) is 2.97. The SMILES string of the molecule is CCCCc1nccn1C(=O)Oc1ccccc1. The summed E-state index contributed by atoms with van der Waals surface area (Å²) in [5.74, 6) is 1.29. The van der Waals surface area contributed by atoms with Crippen molar-refractivity contribution in [1.29, 1.82) is 0 Å². The van der Waals surface area contributed by atoms with E-state index in [-0.39, 0.29) is 0 Å². The molecule has 0 fully saturated rings. The fourth-order valence-corrected chi connectivity index (χ4v) is 1.66. The maximum absolute atomic E-state index is 12.0. The molecule has 1 heterocycles. The molecule has 0 bridgehead atoms. The van der Waals surface area contributed by atoms with Gasteiger partial charge < -0.3 is 4.74 Å². The Bertz CT molecular complexity index is 506. The number of nitrogens with zero attached hydrogens (tertiary/aromatic N) is 2. The Morgan fingerprint density at radius 1 is 1.33 bits per heavy atom. The van der Waals surface area contributed by atoms with E-state index in [4.69, 9.17) is 4.74 Å². The van der Waals surface area contributed by atoms with Gasteiger partial charge >= 0.3 is 6.09 Å². The van der Waals surface area contributed by atoms with Gasteiger partial charge in [-0.3, -0.25) is 0 Å². The fourth-order valence-electron chi connectivity index (χ4n) is 1.66. The number of unbranched alkanes of at least 4 members (excludes halogenated alkanes) is 1.